The molecule has 0 spiro atoms. The molecule has 3 aromatic heterocycles. The average Bonchev–Trinajstić information content (AvgIpc) is 1.53. The molecule has 3 heterocycles. The van der Waals surface area contributed by atoms with Gasteiger partial charge in [-0.1, -0.05) is 218 Å². The van der Waals surface area contributed by atoms with Crippen LogP contribution in [-0.4, -0.2) is 71.8 Å². The van der Waals surface area contributed by atoms with Crippen molar-refractivity contribution in [2.45, 2.75) is 99.1 Å². The van der Waals surface area contributed by atoms with Crippen LogP contribution in [0.5, 0.6) is 11.5 Å². The Morgan fingerprint density at radius 3 is 1.32 bits per heavy atom. The van der Waals surface area contributed by atoms with Gasteiger partial charge in [-0.05, 0) is 129 Å². The summed E-state index contributed by atoms with van der Waals surface area (Å²) in [5.41, 5.74) is 11.2. The van der Waals surface area contributed by atoms with Crippen molar-refractivity contribution in [2.75, 3.05) is 39.6 Å². The lowest BCUT2D eigenvalue weighted by atomic mass is 9.91. The van der Waals surface area contributed by atoms with Crippen molar-refractivity contribution in [2.24, 2.45) is 11.8 Å². The Bertz CT molecular complexity index is 5410. The van der Waals surface area contributed by atoms with Gasteiger partial charge in [0, 0.05) is 84.3 Å². The van der Waals surface area contributed by atoms with Crippen molar-refractivity contribution in [3.05, 3.63) is 261 Å². The molecule has 0 aliphatic heterocycles. The van der Waals surface area contributed by atoms with Crippen molar-refractivity contribution in [1.29, 1.82) is 10.8 Å². The van der Waals surface area contributed by atoms with Gasteiger partial charge in [-0.25, -0.2) is 0 Å². The molecule has 0 bridgehead atoms. The molecule has 100 heavy (non-hydrogen) atoms. The summed E-state index contributed by atoms with van der Waals surface area (Å²) in [6.45, 7) is 14.4. The van der Waals surface area contributed by atoms with E-state index in [9.17, 15) is 10.8 Å². The zero-order valence-corrected chi connectivity index (χ0v) is 58.7. The first kappa shape index (κ1) is 67.2. The minimum absolute atomic E-state index is 0.126. The van der Waals surface area contributed by atoms with Crippen molar-refractivity contribution < 1.29 is 28.5 Å². The van der Waals surface area contributed by atoms with Crippen LogP contribution in [0.25, 0.3) is 86.7 Å². The second kappa shape index (κ2) is 30.2. The summed E-state index contributed by atoms with van der Waals surface area (Å²) in [4.78, 5) is 32.4. The lowest BCUT2D eigenvalue weighted by Crippen LogP contribution is -2.15. The number of nitrogens with zero attached hydrogens (tertiary/aromatic N) is 2. The van der Waals surface area contributed by atoms with E-state index in [0.717, 1.165) is 165 Å². The minimum Gasteiger partial charge on any atom is -0.490 e. The van der Waals surface area contributed by atoms with Crippen molar-refractivity contribution in [1.82, 2.24) is 9.13 Å². The van der Waals surface area contributed by atoms with Crippen LogP contribution in [0.4, 0.5) is 0 Å². The maximum Gasteiger partial charge on any atom is 0.198 e. The standard InChI is InChI=1S/C89H86N4O6S/c1-6-10-24-58(8-3)55-92-77-40-36-62(84(90)64-28-15-12-23-57(64)5)51-71(77)73-53-75(67-31-18-20-33-69(67)86(73)92)88(94)82-65-29-16-13-26-60(65)38-42-79(82)98-48-46-96-44-45-97-47-49-99-80-43-39-61-27-14-17-30-66(61)83(80)89(95)76-54-74-72-52-63(85(91)81-35-22-50-100-81)37-41-78(72)93(56-59(9-4)25-11-7-2)87(74)70-34-21-19-32-68(70)76/h12-23,26-43,50-54,58-59,90-91H,6-11,24-25,44-49,55-56H2,1-5H3. The van der Waals surface area contributed by atoms with Crippen LogP contribution in [0.15, 0.2) is 212 Å². The molecule has 504 valence electrons. The average molecular weight is 1340 g/mol. The highest BCUT2D eigenvalue weighted by atomic mass is 32.1. The molecular weight excluding hydrogens is 1250 g/mol. The number of carbonyl (C=O) groups excluding carboxylic acids is 2. The normalized spacial score (nSPS) is 12.4. The number of benzene rings is 11. The first-order valence-electron chi connectivity index (χ1n) is 35.8. The van der Waals surface area contributed by atoms with E-state index in [4.69, 9.17) is 18.9 Å². The second-order valence-corrected chi connectivity index (χ2v) is 27.6. The molecule has 0 aliphatic rings. The summed E-state index contributed by atoms with van der Waals surface area (Å²) >= 11 is 1.57. The minimum atomic E-state index is -0.129. The van der Waals surface area contributed by atoms with Crippen molar-refractivity contribution in [3.8, 4) is 11.5 Å². The Labute approximate surface area is 589 Å². The Balaban J connectivity index is 0.687. The third-order valence-electron chi connectivity index (χ3n) is 20.5. The summed E-state index contributed by atoms with van der Waals surface area (Å²) in [5.74, 6) is 1.66. The number of hydrogen-bond acceptors (Lipinski definition) is 9. The number of thiophene rings is 1. The molecule has 0 aliphatic carbocycles. The number of fused-ring (bicyclic) bond motifs is 12. The second-order valence-electron chi connectivity index (χ2n) is 26.7. The fourth-order valence-electron chi connectivity index (χ4n) is 15.1. The summed E-state index contributed by atoms with van der Waals surface area (Å²) in [7, 11) is 0. The van der Waals surface area contributed by atoms with E-state index in [-0.39, 0.29) is 38.0 Å². The molecule has 0 saturated heterocycles. The van der Waals surface area contributed by atoms with Crippen LogP contribution in [0.3, 0.4) is 0 Å². The molecule has 11 heteroatoms. The largest absolute Gasteiger partial charge is 0.490 e. The van der Waals surface area contributed by atoms with Gasteiger partial charge in [-0.15, -0.1) is 11.3 Å². The number of carbonyl (C=O) groups is 2. The smallest absolute Gasteiger partial charge is 0.198 e. The maximum atomic E-state index is 15.8. The van der Waals surface area contributed by atoms with Crippen LogP contribution in [0.1, 0.15) is 138 Å². The highest BCUT2D eigenvalue weighted by molar-refractivity contribution is 7.12. The van der Waals surface area contributed by atoms with E-state index in [1.165, 1.54) is 12.8 Å². The highest BCUT2D eigenvalue weighted by Gasteiger charge is 2.28. The molecule has 14 rings (SSSR count). The highest BCUT2D eigenvalue weighted by Crippen LogP contribution is 2.43. The first-order chi connectivity index (χ1) is 49.1. The summed E-state index contributed by atoms with van der Waals surface area (Å²) in [6.07, 6.45) is 9.02. The molecule has 0 amide bonds. The molecule has 14 aromatic rings. The zero-order chi connectivity index (χ0) is 68.8. The van der Waals surface area contributed by atoms with Crippen LogP contribution >= 0.6 is 11.3 Å². The van der Waals surface area contributed by atoms with Gasteiger partial charge < -0.3 is 28.1 Å². The molecule has 0 saturated carbocycles. The van der Waals surface area contributed by atoms with Crippen LogP contribution in [0, 0.1) is 29.6 Å². The summed E-state index contributed by atoms with van der Waals surface area (Å²) in [6, 6.07) is 69.5. The Hall–Kier alpha value is -10.0. The van der Waals surface area contributed by atoms with Crippen LogP contribution < -0.4 is 9.47 Å². The van der Waals surface area contributed by atoms with E-state index >= 15 is 9.59 Å². The monoisotopic (exact) mass is 1340 g/mol. The number of nitrogens with one attached hydrogen (secondary N) is 2. The molecular formula is C89H86N4O6S. The fraction of sp³-hybridized carbons (Fsp3) is 0.258. The Kier molecular flexibility index (Phi) is 20.3. The number of aromatic nitrogens is 2. The van der Waals surface area contributed by atoms with Crippen LogP contribution in [0.2, 0.25) is 0 Å². The van der Waals surface area contributed by atoms with E-state index in [1.807, 2.05) is 121 Å². The summed E-state index contributed by atoms with van der Waals surface area (Å²) in [5, 5.41) is 32.0. The van der Waals surface area contributed by atoms with Crippen molar-refractivity contribution in [3.63, 3.8) is 0 Å². The van der Waals surface area contributed by atoms with Gasteiger partial charge >= 0.3 is 0 Å². The van der Waals surface area contributed by atoms with E-state index in [2.05, 4.69) is 135 Å². The molecule has 10 nitrogen and oxygen atoms in total. The molecule has 2 atom stereocenters. The Morgan fingerprint density at radius 1 is 0.420 bits per heavy atom. The van der Waals surface area contributed by atoms with Gasteiger partial charge in [0.05, 0.1) is 64.9 Å². The molecule has 0 radical (unpaired) electrons. The Morgan fingerprint density at radius 2 is 0.860 bits per heavy atom. The van der Waals surface area contributed by atoms with E-state index < -0.39 is 0 Å². The van der Waals surface area contributed by atoms with Crippen LogP contribution in [-0.2, 0) is 22.6 Å². The number of hydrogen-bond donors (Lipinski definition) is 2. The number of unbranched alkanes of at least 4 members (excludes halogenated alkanes) is 2. The van der Waals surface area contributed by atoms with Gasteiger partial charge in [-0.3, -0.25) is 20.4 Å². The third-order valence-corrected chi connectivity index (χ3v) is 21.4. The fourth-order valence-corrected chi connectivity index (χ4v) is 15.8. The number of aryl methyl sites for hydroxylation is 1. The quantitative estimate of drug-likeness (QED) is 0.0253. The lowest BCUT2D eigenvalue weighted by Gasteiger charge is -2.19. The van der Waals surface area contributed by atoms with E-state index in [0.29, 0.717) is 70.2 Å². The lowest BCUT2D eigenvalue weighted by molar-refractivity contribution is 0.0272. The first-order valence-corrected chi connectivity index (χ1v) is 36.7. The third kappa shape index (κ3) is 13.1. The predicted octanol–water partition coefficient (Wildman–Crippen LogP) is 22.1. The molecule has 0 fully saturated rings. The predicted molar refractivity (Wildman–Crippen MR) is 415 cm³/mol. The number of ether oxygens (including phenoxy) is 4. The molecule has 2 N–H and O–H groups in total. The van der Waals surface area contributed by atoms with Gasteiger partial charge in [0.2, 0.25) is 0 Å². The van der Waals surface area contributed by atoms with Crippen molar-refractivity contribution >= 4 is 121 Å². The van der Waals surface area contributed by atoms with Gasteiger partial charge in [0.15, 0.2) is 11.6 Å². The number of rotatable bonds is 31. The van der Waals surface area contributed by atoms with Gasteiger partial charge in [-0.2, -0.15) is 0 Å². The maximum absolute atomic E-state index is 15.8. The molecule has 2 unspecified atom stereocenters. The van der Waals surface area contributed by atoms with Gasteiger partial charge in [0.1, 0.15) is 24.7 Å². The summed E-state index contributed by atoms with van der Waals surface area (Å²) < 4.78 is 30.4. The van der Waals surface area contributed by atoms with Gasteiger partial charge in [0.25, 0.3) is 0 Å². The SMILES string of the molecule is CCCCC(CC)Cn1c2ccc(C(=N)c3cccs3)cc2c2cc(C(=O)c3c(OCCOCCOCCOc4ccc5ccccc5c4C(=O)c4cc5c6cc(C(=N)c7ccccc7C)ccc6n(CC(CC)CCCC)c5c5ccccc45)ccc4ccccc34)c3ccccc3c21. The zero-order valence-electron chi connectivity index (χ0n) is 57.9. The topological polar surface area (TPSA) is 129 Å². The number of ketones is 2. The van der Waals surface area contributed by atoms with E-state index in [1.54, 1.807) is 11.3 Å². The molecule has 11 aromatic carbocycles.